The molecule has 0 unspecified atom stereocenters. The number of Topliss-reactive ketones (excluding diaryl/α,β-unsaturated/α-hetero) is 1. The van der Waals surface area contributed by atoms with Gasteiger partial charge in [-0.3, -0.25) is 9.59 Å². The predicted octanol–water partition coefficient (Wildman–Crippen LogP) is 1.82. The Bertz CT molecular complexity index is 534. The molecule has 1 atom stereocenters. The first-order valence-electron chi connectivity index (χ1n) is 6.24. The maximum atomic E-state index is 12.1. The van der Waals surface area contributed by atoms with Gasteiger partial charge in [0.2, 0.25) is 5.91 Å². The van der Waals surface area contributed by atoms with E-state index in [1.54, 1.807) is 6.92 Å². The molecule has 1 heterocycles. The minimum atomic E-state index is -0.425. The van der Waals surface area contributed by atoms with Gasteiger partial charge in [0.25, 0.3) is 0 Å². The summed E-state index contributed by atoms with van der Waals surface area (Å²) in [7, 11) is 0. The van der Waals surface area contributed by atoms with Crippen LogP contribution < -0.4 is 0 Å². The Labute approximate surface area is 112 Å². The topological polar surface area (TPSA) is 57.6 Å². The van der Waals surface area contributed by atoms with Crippen molar-refractivity contribution in [1.29, 1.82) is 0 Å². The molecule has 0 bridgehead atoms. The molecule has 0 fully saturated rings. The molecule has 100 valence electrons. The lowest BCUT2D eigenvalue weighted by atomic mass is 10.1. The fourth-order valence-electron chi connectivity index (χ4n) is 2.49. The van der Waals surface area contributed by atoms with Crippen molar-refractivity contribution in [3.05, 3.63) is 47.2 Å². The summed E-state index contributed by atoms with van der Waals surface area (Å²) in [5.74, 6) is -0.219. The van der Waals surface area contributed by atoms with Gasteiger partial charge in [0.15, 0.2) is 5.78 Å². The predicted molar refractivity (Wildman–Crippen MR) is 71.1 cm³/mol. The molecule has 19 heavy (non-hydrogen) atoms. The first kappa shape index (κ1) is 13.5. The Morgan fingerprint density at radius 2 is 2.00 bits per heavy atom. The smallest absolute Gasteiger partial charge is 0.232 e. The van der Waals surface area contributed by atoms with Crippen LogP contribution in [0.4, 0.5) is 0 Å². The van der Waals surface area contributed by atoms with Crippen LogP contribution in [0.2, 0.25) is 0 Å². The lowest BCUT2D eigenvalue weighted by molar-refractivity contribution is -0.130. The van der Waals surface area contributed by atoms with Crippen LogP contribution in [0.3, 0.4) is 0 Å². The van der Waals surface area contributed by atoms with E-state index in [0.29, 0.717) is 11.3 Å². The molecule has 1 aliphatic rings. The zero-order valence-corrected chi connectivity index (χ0v) is 11.1. The van der Waals surface area contributed by atoms with Crippen molar-refractivity contribution in [2.45, 2.75) is 26.3 Å². The summed E-state index contributed by atoms with van der Waals surface area (Å²) in [4.78, 5) is 25.1. The van der Waals surface area contributed by atoms with E-state index in [9.17, 15) is 14.7 Å². The van der Waals surface area contributed by atoms with Gasteiger partial charge in [-0.05, 0) is 19.4 Å². The van der Waals surface area contributed by atoms with Gasteiger partial charge >= 0.3 is 0 Å². The number of benzene rings is 1. The zero-order chi connectivity index (χ0) is 14.0. The van der Waals surface area contributed by atoms with Crippen molar-refractivity contribution in [2.75, 3.05) is 6.61 Å². The number of allylic oxidation sites excluding steroid dienone is 1. The number of carbonyl (C=O) groups excluding carboxylic acids is 2. The average molecular weight is 259 g/mol. The maximum Gasteiger partial charge on any atom is 0.232 e. The highest BCUT2D eigenvalue weighted by atomic mass is 16.3. The second-order valence-corrected chi connectivity index (χ2v) is 4.67. The van der Waals surface area contributed by atoms with Crippen LogP contribution in [0.15, 0.2) is 41.6 Å². The Balaban J connectivity index is 2.39. The largest absolute Gasteiger partial charge is 0.394 e. The van der Waals surface area contributed by atoms with Crippen molar-refractivity contribution in [3.8, 4) is 0 Å². The number of aliphatic hydroxyl groups is 1. The molecule has 0 saturated heterocycles. The molecule has 1 N–H and O–H groups in total. The van der Waals surface area contributed by atoms with Crippen LogP contribution in [-0.4, -0.2) is 28.3 Å². The summed E-state index contributed by atoms with van der Waals surface area (Å²) < 4.78 is 0. The molecule has 4 heteroatoms. The molecule has 1 aromatic rings. The van der Waals surface area contributed by atoms with E-state index in [1.807, 2.05) is 30.3 Å². The van der Waals surface area contributed by atoms with Gasteiger partial charge in [-0.25, -0.2) is 0 Å². The van der Waals surface area contributed by atoms with Gasteiger partial charge in [-0.2, -0.15) is 0 Å². The molecule has 1 aromatic carbocycles. The van der Waals surface area contributed by atoms with Crippen molar-refractivity contribution in [1.82, 2.24) is 4.90 Å². The van der Waals surface area contributed by atoms with Crippen molar-refractivity contribution in [3.63, 3.8) is 0 Å². The van der Waals surface area contributed by atoms with E-state index in [1.165, 1.54) is 11.8 Å². The third-order valence-electron chi connectivity index (χ3n) is 3.49. The van der Waals surface area contributed by atoms with E-state index in [2.05, 4.69) is 0 Å². The number of hydrogen-bond acceptors (Lipinski definition) is 3. The maximum absolute atomic E-state index is 12.1. The SMILES string of the molecule is CC(=O)C1=C(C)N([C@@H](CO)c2ccccc2)C(=O)C1. The molecule has 0 aromatic heterocycles. The van der Waals surface area contributed by atoms with Gasteiger partial charge < -0.3 is 10.0 Å². The lowest BCUT2D eigenvalue weighted by Gasteiger charge is -2.28. The van der Waals surface area contributed by atoms with Gasteiger partial charge in [0, 0.05) is 11.3 Å². The second kappa shape index (κ2) is 5.36. The second-order valence-electron chi connectivity index (χ2n) is 4.67. The summed E-state index contributed by atoms with van der Waals surface area (Å²) in [6.45, 7) is 3.05. The van der Waals surface area contributed by atoms with E-state index in [0.717, 1.165) is 5.56 Å². The number of nitrogens with zero attached hydrogens (tertiary/aromatic N) is 1. The third-order valence-corrected chi connectivity index (χ3v) is 3.49. The molecular weight excluding hydrogens is 242 g/mol. The van der Waals surface area contributed by atoms with E-state index in [-0.39, 0.29) is 24.7 Å². The Kier molecular flexibility index (Phi) is 3.81. The Morgan fingerprint density at radius 3 is 2.47 bits per heavy atom. The number of ketones is 1. The summed E-state index contributed by atoms with van der Waals surface area (Å²) in [6.07, 6.45) is 0.129. The minimum Gasteiger partial charge on any atom is -0.394 e. The number of rotatable bonds is 4. The number of carbonyl (C=O) groups is 2. The fourth-order valence-corrected chi connectivity index (χ4v) is 2.49. The molecule has 1 aliphatic heterocycles. The van der Waals surface area contributed by atoms with Crippen LogP contribution >= 0.6 is 0 Å². The molecule has 0 saturated carbocycles. The standard InChI is InChI=1S/C15H17NO3/c1-10-13(11(2)18)8-15(19)16(10)14(9-17)12-6-4-3-5-7-12/h3-7,14,17H,8-9H2,1-2H3/t14-/m0/s1. The summed E-state index contributed by atoms with van der Waals surface area (Å²) in [6, 6.07) is 8.92. The van der Waals surface area contributed by atoms with Crippen LogP contribution in [0.5, 0.6) is 0 Å². The Morgan fingerprint density at radius 1 is 1.37 bits per heavy atom. The van der Waals surface area contributed by atoms with Gasteiger partial charge in [-0.15, -0.1) is 0 Å². The molecule has 1 amide bonds. The van der Waals surface area contributed by atoms with Crippen molar-refractivity contribution < 1.29 is 14.7 Å². The monoisotopic (exact) mass is 259 g/mol. The normalized spacial score (nSPS) is 17.0. The molecule has 2 rings (SSSR count). The fraction of sp³-hybridized carbons (Fsp3) is 0.333. The number of amides is 1. The molecule has 0 spiro atoms. The first-order chi connectivity index (χ1) is 9.06. The van der Waals surface area contributed by atoms with Gasteiger partial charge in [0.05, 0.1) is 19.1 Å². The lowest BCUT2D eigenvalue weighted by Crippen LogP contribution is -2.31. The quantitative estimate of drug-likeness (QED) is 0.897. The molecule has 4 nitrogen and oxygen atoms in total. The highest BCUT2D eigenvalue weighted by Gasteiger charge is 2.34. The molecule has 0 aliphatic carbocycles. The van der Waals surface area contributed by atoms with E-state index < -0.39 is 6.04 Å². The van der Waals surface area contributed by atoms with Crippen LogP contribution in [0.1, 0.15) is 31.9 Å². The highest BCUT2D eigenvalue weighted by molar-refractivity contribution is 6.02. The van der Waals surface area contributed by atoms with Gasteiger partial charge in [0.1, 0.15) is 0 Å². The molecule has 0 radical (unpaired) electrons. The summed E-state index contributed by atoms with van der Waals surface area (Å²) >= 11 is 0. The van der Waals surface area contributed by atoms with Crippen LogP contribution in [0.25, 0.3) is 0 Å². The molecular formula is C15H17NO3. The van der Waals surface area contributed by atoms with E-state index >= 15 is 0 Å². The van der Waals surface area contributed by atoms with Gasteiger partial charge in [-0.1, -0.05) is 30.3 Å². The third kappa shape index (κ3) is 2.44. The highest BCUT2D eigenvalue weighted by Crippen LogP contribution is 2.33. The number of aliphatic hydroxyl groups excluding tert-OH is 1. The Hall–Kier alpha value is -1.94. The first-order valence-corrected chi connectivity index (χ1v) is 6.24. The summed E-state index contributed by atoms with van der Waals surface area (Å²) in [5, 5.41) is 9.60. The van der Waals surface area contributed by atoms with Crippen LogP contribution in [0, 0.1) is 0 Å². The van der Waals surface area contributed by atoms with Crippen LogP contribution in [-0.2, 0) is 9.59 Å². The van der Waals surface area contributed by atoms with E-state index in [4.69, 9.17) is 0 Å². The minimum absolute atomic E-state index is 0.0851. The van der Waals surface area contributed by atoms with Crippen molar-refractivity contribution in [2.24, 2.45) is 0 Å². The summed E-state index contributed by atoms with van der Waals surface area (Å²) in [5.41, 5.74) is 2.06. The zero-order valence-electron chi connectivity index (χ0n) is 11.1. The number of hydrogen-bond donors (Lipinski definition) is 1. The average Bonchev–Trinajstić information content (AvgIpc) is 2.69. The van der Waals surface area contributed by atoms with Crippen molar-refractivity contribution >= 4 is 11.7 Å².